The van der Waals surface area contributed by atoms with Crippen LogP contribution in [0.4, 0.5) is 0 Å². The molecule has 0 heterocycles. The first kappa shape index (κ1) is 46.4. The molecule has 0 bridgehead atoms. The van der Waals surface area contributed by atoms with E-state index in [1.165, 1.54) is 275 Å². The second-order valence-corrected chi connectivity index (χ2v) is 16.6. The van der Waals surface area contributed by atoms with Crippen LogP contribution in [0.3, 0.4) is 0 Å². The Labute approximate surface area is 299 Å². The molecule has 0 saturated carbocycles. The van der Waals surface area contributed by atoms with E-state index >= 15 is 0 Å². The number of thioether (sulfide) groups is 1. The molecular formula is C45H92S. The minimum atomic E-state index is 1.37. The summed E-state index contributed by atoms with van der Waals surface area (Å²) in [6.07, 6.45) is 60.6. The van der Waals surface area contributed by atoms with E-state index in [0.717, 1.165) is 0 Å². The Morgan fingerprint density at radius 2 is 0.304 bits per heavy atom. The molecule has 0 aromatic heterocycles. The Balaban J connectivity index is 3.03. The van der Waals surface area contributed by atoms with E-state index in [9.17, 15) is 0 Å². The van der Waals surface area contributed by atoms with Crippen molar-refractivity contribution >= 4 is 11.8 Å². The maximum atomic E-state index is 2.31. The van der Waals surface area contributed by atoms with Crippen molar-refractivity contribution in [3.8, 4) is 0 Å². The van der Waals surface area contributed by atoms with E-state index < -0.39 is 0 Å². The van der Waals surface area contributed by atoms with Gasteiger partial charge in [-0.2, -0.15) is 11.8 Å². The lowest BCUT2D eigenvalue weighted by atomic mass is 10.0. The summed E-state index contributed by atoms with van der Waals surface area (Å²) in [5.74, 6) is 2.83. The highest BCUT2D eigenvalue weighted by molar-refractivity contribution is 7.99. The van der Waals surface area contributed by atoms with Gasteiger partial charge in [-0.1, -0.05) is 264 Å². The average molecular weight is 665 g/mol. The molecular weight excluding hydrogens is 573 g/mol. The highest BCUT2D eigenvalue weighted by Crippen LogP contribution is 2.18. The smallest absolute Gasteiger partial charge is 0.00675 e. The Morgan fingerprint density at radius 3 is 0.457 bits per heavy atom. The molecule has 0 nitrogen and oxygen atoms in total. The van der Waals surface area contributed by atoms with Crippen molar-refractivity contribution in [3.63, 3.8) is 0 Å². The molecule has 0 aliphatic heterocycles. The summed E-state index contributed by atoms with van der Waals surface area (Å²) >= 11 is 2.23. The number of hydrogen-bond acceptors (Lipinski definition) is 1. The first-order valence-corrected chi connectivity index (χ1v) is 23.6. The van der Waals surface area contributed by atoms with Gasteiger partial charge in [0.1, 0.15) is 0 Å². The summed E-state index contributed by atoms with van der Waals surface area (Å²) in [6.45, 7) is 4.62. The van der Waals surface area contributed by atoms with Crippen molar-refractivity contribution in [2.75, 3.05) is 11.5 Å². The predicted molar refractivity (Wildman–Crippen MR) is 218 cm³/mol. The summed E-state index contributed by atoms with van der Waals surface area (Å²) in [5.41, 5.74) is 0. The molecule has 0 aliphatic rings. The summed E-state index contributed by atoms with van der Waals surface area (Å²) < 4.78 is 0. The van der Waals surface area contributed by atoms with Crippen molar-refractivity contribution in [1.82, 2.24) is 0 Å². The molecule has 1 heteroatoms. The number of unbranched alkanes of at least 4 members (excludes halogenated alkanes) is 39. The lowest BCUT2D eigenvalue weighted by molar-refractivity contribution is 0.517. The SMILES string of the molecule is CCCCCCCCCCCCCCCCCCCCCCCCCCCSCCCCCCCCCCCCCCCCCC. The molecule has 0 radical (unpaired) electrons. The van der Waals surface area contributed by atoms with E-state index in [0.29, 0.717) is 0 Å². The van der Waals surface area contributed by atoms with Crippen LogP contribution in [0, 0.1) is 0 Å². The fourth-order valence-electron chi connectivity index (χ4n) is 7.20. The van der Waals surface area contributed by atoms with Crippen LogP contribution in [0.1, 0.15) is 277 Å². The zero-order valence-electron chi connectivity index (χ0n) is 32.8. The van der Waals surface area contributed by atoms with Crippen molar-refractivity contribution in [2.24, 2.45) is 0 Å². The van der Waals surface area contributed by atoms with Crippen LogP contribution in [-0.2, 0) is 0 Å². The fourth-order valence-corrected chi connectivity index (χ4v) is 8.22. The second-order valence-electron chi connectivity index (χ2n) is 15.4. The van der Waals surface area contributed by atoms with Gasteiger partial charge in [-0.3, -0.25) is 0 Å². The van der Waals surface area contributed by atoms with Crippen molar-refractivity contribution in [1.29, 1.82) is 0 Å². The Kier molecular flexibility index (Phi) is 45.7. The number of hydrogen-bond donors (Lipinski definition) is 0. The van der Waals surface area contributed by atoms with Crippen molar-refractivity contribution < 1.29 is 0 Å². The van der Waals surface area contributed by atoms with Crippen LogP contribution in [0.25, 0.3) is 0 Å². The van der Waals surface area contributed by atoms with Gasteiger partial charge in [0.2, 0.25) is 0 Å². The van der Waals surface area contributed by atoms with Crippen molar-refractivity contribution in [3.05, 3.63) is 0 Å². The quantitative estimate of drug-likeness (QED) is 0.0585. The van der Waals surface area contributed by atoms with Gasteiger partial charge in [-0.15, -0.1) is 0 Å². The standard InChI is InChI=1S/C45H92S/c1-3-5-7-9-11-13-15-17-19-21-22-23-24-25-26-27-28-29-31-33-35-37-39-41-43-45-46-44-42-40-38-36-34-32-30-20-18-16-14-12-10-8-6-4-2/h3-45H2,1-2H3. The summed E-state index contributed by atoms with van der Waals surface area (Å²) in [4.78, 5) is 0. The lowest BCUT2D eigenvalue weighted by Crippen LogP contribution is -1.87. The van der Waals surface area contributed by atoms with Crippen LogP contribution in [-0.4, -0.2) is 11.5 Å². The molecule has 0 aromatic carbocycles. The summed E-state index contributed by atoms with van der Waals surface area (Å²) in [5, 5.41) is 0. The third kappa shape index (κ3) is 44.4. The van der Waals surface area contributed by atoms with Crippen LogP contribution in [0.2, 0.25) is 0 Å². The van der Waals surface area contributed by atoms with Gasteiger partial charge in [0.05, 0.1) is 0 Å². The highest BCUT2D eigenvalue weighted by atomic mass is 32.2. The largest absolute Gasteiger partial charge is 0.162 e. The average Bonchev–Trinajstić information content (AvgIpc) is 3.07. The van der Waals surface area contributed by atoms with E-state index in [2.05, 4.69) is 25.6 Å². The Morgan fingerprint density at radius 1 is 0.174 bits per heavy atom. The van der Waals surface area contributed by atoms with Crippen LogP contribution < -0.4 is 0 Å². The lowest BCUT2D eigenvalue weighted by Gasteiger charge is -2.05. The maximum Gasteiger partial charge on any atom is -0.00675 e. The van der Waals surface area contributed by atoms with E-state index in [1.807, 2.05) is 0 Å². The molecule has 0 aliphatic carbocycles. The highest BCUT2D eigenvalue weighted by Gasteiger charge is 1.98. The molecule has 0 rings (SSSR count). The maximum absolute atomic E-state index is 2.31. The molecule has 46 heavy (non-hydrogen) atoms. The molecule has 0 unspecified atom stereocenters. The van der Waals surface area contributed by atoms with E-state index in [1.54, 1.807) is 0 Å². The minimum Gasteiger partial charge on any atom is -0.162 e. The predicted octanol–water partition coefficient (Wildman–Crippen LogP) is 17.8. The molecule has 0 fully saturated rings. The Bertz CT molecular complexity index is 443. The molecule has 0 atom stereocenters. The Hall–Kier alpha value is 0.350. The minimum absolute atomic E-state index is 1.37. The monoisotopic (exact) mass is 665 g/mol. The van der Waals surface area contributed by atoms with Gasteiger partial charge >= 0.3 is 0 Å². The molecule has 0 aromatic rings. The first-order chi connectivity index (χ1) is 22.9. The zero-order valence-corrected chi connectivity index (χ0v) is 33.6. The van der Waals surface area contributed by atoms with Gasteiger partial charge in [0, 0.05) is 0 Å². The summed E-state index contributed by atoms with van der Waals surface area (Å²) in [6, 6.07) is 0. The van der Waals surface area contributed by atoms with Crippen LogP contribution in [0.5, 0.6) is 0 Å². The molecule has 278 valence electrons. The third-order valence-corrected chi connectivity index (χ3v) is 11.7. The normalized spacial score (nSPS) is 11.6. The van der Waals surface area contributed by atoms with Crippen LogP contribution >= 0.6 is 11.8 Å². The fraction of sp³-hybridized carbons (Fsp3) is 1.00. The molecule has 0 spiro atoms. The van der Waals surface area contributed by atoms with Gasteiger partial charge in [0.15, 0.2) is 0 Å². The molecule has 0 saturated heterocycles. The second kappa shape index (κ2) is 45.3. The topological polar surface area (TPSA) is 0 Å². The van der Waals surface area contributed by atoms with Gasteiger partial charge in [0.25, 0.3) is 0 Å². The van der Waals surface area contributed by atoms with Gasteiger partial charge < -0.3 is 0 Å². The summed E-state index contributed by atoms with van der Waals surface area (Å²) in [7, 11) is 0. The van der Waals surface area contributed by atoms with Gasteiger partial charge in [-0.05, 0) is 24.3 Å². The van der Waals surface area contributed by atoms with Crippen molar-refractivity contribution in [2.45, 2.75) is 277 Å². The van der Waals surface area contributed by atoms with Crippen LogP contribution in [0.15, 0.2) is 0 Å². The van der Waals surface area contributed by atoms with E-state index in [-0.39, 0.29) is 0 Å². The number of rotatable bonds is 43. The first-order valence-electron chi connectivity index (χ1n) is 22.5. The third-order valence-electron chi connectivity index (χ3n) is 10.5. The molecule has 0 amide bonds. The van der Waals surface area contributed by atoms with E-state index in [4.69, 9.17) is 0 Å². The zero-order chi connectivity index (χ0) is 33.1. The van der Waals surface area contributed by atoms with Gasteiger partial charge in [-0.25, -0.2) is 0 Å². The molecule has 0 N–H and O–H groups in total.